The molecular weight excluding hydrogens is 534 g/mol. The quantitative estimate of drug-likeness (QED) is 0.377. The molecule has 4 rings (SSSR count). The number of amides is 2. The van der Waals surface area contributed by atoms with Crippen molar-refractivity contribution < 1.29 is 14.3 Å². The summed E-state index contributed by atoms with van der Waals surface area (Å²) in [6, 6.07) is 13.7. The number of ether oxygens (including phenoxy) is 1. The van der Waals surface area contributed by atoms with E-state index in [9.17, 15) is 9.59 Å². The molecule has 39 heavy (non-hydrogen) atoms. The first-order valence-corrected chi connectivity index (χ1v) is 14.6. The predicted molar refractivity (Wildman–Crippen MR) is 161 cm³/mol. The Hall–Kier alpha value is -2.72. The number of carbonyl (C=O) groups is 2. The third kappa shape index (κ3) is 7.69. The standard InChI is InChI=1S/C29H38ClN5O3S/c1-3-19-38-25-11-9-23(10-12-25)31-27(36)21-26-28(37)35(24-8-5-7-22(30)20-24)29(39)34(26)14-6-13-33-17-15-32(4-2)16-18-33/h5,7-12,20,26H,3-4,6,13-19,21H2,1-2H3,(H,31,36)/t26-/m0/s1. The largest absolute Gasteiger partial charge is 0.494 e. The van der Waals surface area contributed by atoms with Crippen LogP contribution < -0.4 is 15.0 Å². The molecule has 2 saturated heterocycles. The van der Waals surface area contributed by atoms with Crippen LogP contribution in [0.1, 0.15) is 33.1 Å². The Labute approximate surface area is 241 Å². The molecule has 10 heteroatoms. The molecule has 0 bridgehead atoms. The maximum Gasteiger partial charge on any atom is 0.256 e. The summed E-state index contributed by atoms with van der Waals surface area (Å²) < 4.78 is 5.62. The van der Waals surface area contributed by atoms with Gasteiger partial charge in [0.15, 0.2) is 5.11 Å². The van der Waals surface area contributed by atoms with Crippen molar-refractivity contribution in [3.05, 3.63) is 53.6 Å². The second kappa shape index (κ2) is 14.1. The lowest BCUT2D eigenvalue weighted by Gasteiger charge is -2.34. The number of likely N-dealkylation sites (N-methyl/N-ethyl adjacent to an activating group) is 1. The molecule has 0 unspecified atom stereocenters. The number of anilines is 2. The summed E-state index contributed by atoms with van der Waals surface area (Å²) in [7, 11) is 0. The topological polar surface area (TPSA) is 68.4 Å². The minimum atomic E-state index is -0.680. The van der Waals surface area contributed by atoms with Crippen molar-refractivity contribution in [2.75, 3.05) is 62.6 Å². The molecule has 1 atom stereocenters. The fraction of sp³-hybridized carbons (Fsp3) is 0.483. The van der Waals surface area contributed by atoms with Crippen molar-refractivity contribution in [3.63, 3.8) is 0 Å². The molecule has 0 aromatic heterocycles. The highest BCUT2D eigenvalue weighted by Crippen LogP contribution is 2.29. The van der Waals surface area contributed by atoms with Gasteiger partial charge in [0.2, 0.25) is 5.91 Å². The molecule has 0 saturated carbocycles. The summed E-state index contributed by atoms with van der Waals surface area (Å²) in [6.07, 6.45) is 1.77. The number of nitrogens with one attached hydrogen (secondary N) is 1. The van der Waals surface area contributed by atoms with Gasteiger partial charge in [0.25, 0.3) is 5.91 Å². The van der Waals surface area contributed by atoms with Gasteiger partial charge in [0.05, 0.1) is 18.7 Å². The average Bonchev–Trinajstić information content (AvgIpc) is 3.16. The van der Waals surface area contributed by atoms with Crippen molar-refractivity contribution in [2.24, 2.45) is 0 Å². The molecule has 8 nitrogen and oxygen atoms in total. The fourth-order valence-electron chi connectivity index (χ4n) is 4.98. The Bertz CT molecular complexity index is 1140. The van der Waals surface area contributed by atoms with Gasteiger partial charge in [-0.05, 0) is 80.6 Å². The van der Waals surface area contributed by atoms with Crippen molar-refractivity contribution >= 4 is 52.1 Å². The number of hydrogen-bond acceptors (Lipinski definition) is 6. The molecular formula is C29H38ClN5O3S. The Morgan fingerprint density at radius 3 is 2.44 bits per heavy atom. The van der Waals surface area contributed by atoms with E-state index in [0.29, 0.717) is 34.7 Å². The first-order chi connectivity index (χ1) is 18.9. The molecule has 0 spiro atoms. The van der Waals surface area contributed by atoms with Gasteiger partial charge < -0.3 is 24.8 Å². The predicted octanol–water partition coefficient (Wildman–Crippen LogP) is 4.49. The van der Waals surface area contributed by atoms with Crippen LogP contribution in [-0.4, -0.2) is 90.1 Å². The van der Waals surface area contributed by atoms with Crippen molar-refractivity contribution in [3.8, 4) is 5.75 Å². The van der Waals surface area contributed by atoms with E-state index in [-0.39, 0.29) is 18.2 Å². The first-order valence-electron chi connectivity index (χ1n) is 13.8. The van der Waals surface area contributed by atoms with Crippen LogP contribution in [0.15, 0.2) is 48.5 Å². The van der Waals surface area contributed by atoms with Gasteiger partial charge in [0, 0.05) is 43.4 Å². The van der Waals surface area contributed by atoms with Gasteiger partial charge in [-0.1, -0.05) is 31.5 Å². The van der Waals surface area contributed by atoms with Crippen molar-refractivity contribution in [2.45, 2.75) is 39.2 Å². The van der Waals surface area contributed by atoms with E-state index in [2.05, 4.69) is 29.0 Å². The number of piperazine rings is 1. The Morgan fingerprint density at radius 2 is 1.77 bits per heavy atom. The Balaban J connectivity index is 1.42. The second-order valence-corrected chi connectivity index (χ2v) is 10.7. The lowest BCUT2D eigenvalue weighted by atomic mass is 10.1. The molecule has 0 aliphatic carbocycles. The van der Waals surface area contributed by atoms with E-state index in [4.69, 9.17) is 28.6 Å². The smallest absolute Gasteiger partial charge is 0.256 e. The lowest BCUT2D eigenvalue weighted by molar-refractivity contribution is -0.124. The molecule has 210 valence electrons. The van der Waals surface area contributed by atoms with E-state index in [0.717, 1.165) is 57.9 Å². The fourth-order valence-corrected chi connectivity index (χ4v) is 5.57. The van der Waals surface area contributed by atoms with E-state index in [1.54, 1.807) is 30.3 Å². The highest BCUT2D eigenvalue weighted by Gasteiger charge is 2.44. The zero-order chi connectivity index (χ0) is 27.8. The Morgan fingerprint density at radius 1 is 1.05 bits per heavy atom. The molecule has 1 N–H and O–H groups in total. The summed E-state index contributed by atoms with van der Waals surface area (Å²) in [4.78, 5) is 35.1. The van der Waals surface area contributed by atoms with Crippen LogP contribution in [0, 0.1) is 0 Å². The summed E-state index contributed by atoms with van der Waals surface area (Å²) in [5.41, 5.74) is 1.27. The van der Waals surface area contributed by atoms with E-state index in [1.165, 1.54) is 4.90 Å². The first kappa shape index (κ1) is 29.3. The minimum Gasteiger partial charge on any atom is -0.494 e. The maximum absolute atomic E-state index is 13.6. The number of hydrogen-bond donors (Lipinski definition) is 1. The van der Waals surface area contributed by atoms with Gasteiger partial charge in [-0.15, -0.1) is 0 Å². The van der Waals surface area contributed by atoms with Crippen LogP contribution in [0.3, 0.4) is 0 Å². The van der Waals surface area contributed by atoms with Crippen LogP contribution >= 0.6 is 23.8 Å². The monoisotopic (exact) mass is 571 g/mol. The highest BCUT2D eigenvalue weighted by molar-refractivity contribution is 7.80. The van der Waals surface area contributed by atoms with Crippen LogP contribution in [-0.2, 0) is 9.59 Å². The van der Waals surface area contributed by atoms with Crippen molar-refractivity contribution in [1.29, 1.82) is 0 Å². The van der Waals surface area contributed by atoms with Gasteiger partial charge >= 0.3 is 0 Å². The summed E-state index contributed by atoms with van der Waals surface area (Å²) in [5.74, 6) is 0.301. The molecule has 2 aromatic carbocycles. The average molecular weight is 572 g/mol. The van der Waals surface area contributed by atoms with Gasteiger partial charge in [0.1, 0.15) is 11.8 Å². The molecule has 2 aromatic rings. The van der Waals surface area contributed by atoms with Crippen LogP contribution in [0.4, 0.5) is 11.4 Å². The zero-order valence-electron chi connectivity index (χ0n) is 22.8. The molecule has 2 aliphatic heterocycles. The molecule has 2 aliphatic rings. The van der Waals surface area contributed by atoms with Gasteiger partial charge in [-0.2, -0.15) is 0 Å². The van der Waals surface area contributed by atoms with Crippen LogP contribution in [0.5, 0.6) is 5.75 Å². The second-order valence-electron chi connectivity index (χ2n) is 9.90. The summed E-state index contributed by atoms with van der Waals surface area (Å²) in [5, 5.41) is 3.85. The van der Waals surface area contributed by atoms with E-state index >= 15 is 0 Å². The number of halogens is 1. The van der Waals surface area contributed by atoms with Crippen molar-refractivity contribution in [1.82, 2.24) is 14.7 Å². The van der Waals surface area contributed by atoms with Gasteiger partial charge in [-0.3, -0.25) is 14.5 Å². The molecule has 2 amide bonds. The summed E-state index contributed by atoms with van der Waals surface area (Å²) >= 11 is 12.0. The van der Waals surface area contributed by atoms with E-state index < -0.39 is 6.04 Å². The van der Waals surface area contributed by atoms with Crippen LogP contribution in [0.2, 0.25) is 5.02 Å². The number of rotatable bonds is 12. The number of thiocarbonyl (C=S) groups is 1. The molecule has 2 heterocycles. The SMILES string of the molecule is CCCOc1ccc(NC(=O)C[C@H]2C(=O)N(c3cccc(Cl)c3)C(=S)N2CCCN2CCN(CC)CC2)cc1. The number of carbonyl (C=O) groups excluding carboxylic acids is 2. The minimum absolute atomic E-state index is 0.000695. The molecule has 2 fully saturated rings. The third-order valence-corrected chi connectivity index (χ3v) is 7.81. The maximum atomic E-state index is 13.6. The normalized spacial score (nSPS) is 18.6. The van der Waals surface area contributed by atoms with Crippen LogP contribution in [0.25, 0.3) is 0 Å². The Kier molecular flexibility index (Phi) is 10.6. The summed E-state index contributed by atoms with van der Waals surface area (Å²) in [6.45, 7) is 11.7. The number of nitrogens with zero attached hydrogens (tertiary/aromatic N) is 4. The third-order valence-electron chi connectivity index (χ3n) is 7.16. The number of benzene rings is 2. The van der Waals surface area contributed by atoms with Gasteiger partial charge in [-0.25, -0.2) is 0 Å². The van der Waals surface area contributed by atoms with E-state index in [1.807, 2.05) is 23.1 Å². The zero-order valence-corrected chi connectivity index (χ0v) is 24.3. The molecule has 0 radical (unpaired) electrons. The highest BCUT2D eigenvalue weighted by atomic mass is 35.5. The lowest BCUT2D eigenvalue weighted by Crippen LogP contribution is -2.47.